The van der Waals surface area contributed by atoms with Crippen LogP contribution in [-0.4, -0.2) is 27.5 Å². The van der Waals surface area contributed by atoms with Gasteiger partial charge in [-0.1, -0.05) is 12.1 Å². The summed E-state index contributed by atoms with van der Waals surface area (Å²) in [5.41, 5.74) is -0.481. The highest BCUT2D eigenvalue weighted by Crippen LogP contribution is 2.09. The number of hydrogen-bond acceptors (Lipinski definition) is 4. The van der Waals surface area contributed by atoms with Gasteiger partial charge in [0.25, 0.3) is 11.5 Å². The molecule has 2 aromatic rings. The number of hydrogen-bond donors (Lipinski definition) is 4. The second-order valence-corrected chi connectivity index (χ2v) is 4.17. The smallest absolute Gasteiger partial charge is 0.326 e. The molecule has 0 saturated heterocycles. The molecule has 7 heteroatoms. The van der Waals surface area contributed by atoms with Crippen LogP contribution in [0.5, 0.6) is 5.75 Å². The summed E-state index contributed by atoms with van der Waals surface area (Å²) < 4.78 is 0. The highest BCUT2D eigenvalue weighted by atomic mass is 16.3. The third-order valence-corrected chi connectivity index (χ3v) is 2.64. The van der Waals surface area contributed by atoms with Gasteiger partial charge in [0.1, 0.15) is 11.4 Å². The van der Waals surface area contributed by atoms with Crippen LogP contribution in [0, 0.1) is 0 Å². The van der Waals surface area contributed by atoms with Crippen LogP contribution in [0.3, 0.4) is 0 Å². The zero-order valence-corrected chi connectivity index (χ0v) is 10.5. The number of H-pyrrole nitrogens is 2. The molecule has 7 nitrogen and oxygen atoms in total. The van der Waals surface area contributed by atoms with Gasteiger partial charge >= 0.3 is 5.69 Å². The van der Waals surface area contributed by atoms with E-state index in [1.165, 1.54) is 0 Å². The minimum Gasteiger partial charge on any atom is -0.508 e. The molecule has 0 unspecified atom stereocenters. The number of benzene rings is 1. The summed E-state index contributed by atoms with van der Waals surface area (Å²) in [4.78, 5) is 38.0. The molecule has 1 heterocycles. The summed E-state index contributed by atoms with van der Waals surface area (Å²) >= 11 is 0. The van der Waals surface area contributed by atoms with Gasteiger partial charge in [-0.25, -0.2) is 4.79 Å². The molecule has 0 fully saturated rings. The third-order valence-electron chi connectivity index (χ3n) is 2.64. The fourth-order valence-corrected chi connectivity index (χ4v) is 1.67. The van der Waals surface area contributed by atoms with Gasteiger partial charge in [0.05, 0.1) is 0 Å². The highest BCUT2D eigenvalue weighted by Gasteiger charge is 2.07. The van der Waals surface area contributed by atoms with Crippen molar-refractivity contribution in [3.63, 3.8) is 0 Å². The summed E-state index contributed by atoms with van der Waals surface area (Å²) in [6.07, 6.45) is 0.569. The maximum atomic E-state index is 11.7. The van der Waals surface area contributed by atoms with E-state index in [0.717, 1.165) is 11.6 Å². The molecule has 104 valence electrons. The number of aromatic hydroxyl groups is 1. The molecule has 2 rings (SSSR count). The van der Waals surface area contributed by atoms with Crippen LogP contribution in [-0.2, 0) is 6.42 Å². The molecule has 0 bridgehead atoms. The molecular weight excluding hydrogens is 262 g/mol. The van der Waals surface area contributed by atoms with Crippen molar-refractivity contribution in [2.75, 3.05) is 6.54 Å². The fourth-order valence-electron chi connectivity index (χ4n) is 1.67. The second kappa shape index (κ2) is 5.87. The Bertz CT molecular complexity index is 687. The number of aromatic amines is 2. The first-order valence-corrected chi connectivity index (χ1v) is 5.94. The molecule has 20 heavy (non-hydrogen) atoms. The summed E-state index contributed by atoms with van der Waals surface area (Å²) in [6.45, 7) is 0.346. The Morgan fingerprint density at radius 1 is 1.15 bits per heavy atom. The van der Waals surface area contributed by atoms with Crippen LogP contribution in [0.1, 0.15) is 16.1 Å². The van der Waals surface area contributed by atoms with E-state index in [9.17, 15) is 14.4 Å². The lowest BCUT2D eigenvalue weighted by molar-refractivity contribution is 0.0948. The SMILES string of the molecule is O=C(NCCc1ccc(O)cc1)c1cc(=O)[nH]c(=O)[nH]1. The average Bonchev–Trinajstić information content (AvgIpc) is 2.40. The van der Waals surface area contributed by atoms with E-state index in [2.05, 4.69) is 10.3 Å². The molecule has 0 radical (unpaired) electrons. The first-order chi connectivity index (χ1) is 9.54. The van der Waals surface area contributed by atoms with E-state index in [1.54, 1.807) is 24.3 Å². The Hall–Kier alpha value is -2.83. The molecule has 1 amide bonds. The highest BCUT2D eigenvalue weighted by molar-refractivity contribution is 5.91. The predicted octanol–water partition coefficient (Wildman–Crippen LogP) is -0.259. The molecule has 4 N–H and O–H groups in total. The summed E-state index contributed by atoms with van der Waals surface area (Å²) in [5, 5.41) is 11.7. The number of aromatic nitrogens is 2. The molecule has 0 aliphatic rings. The van der Waals surface area contributed by atoms with Crippen molar-refractivity contribution in [3.05, 3.63) is 62.4 Å². The molecule has 1 aromatic heterocycles. The monoisotopic (exact) mass is 275 g/mol. The quantitative estimate of drug-likeness (QED) is 0.615. The zero-order valence-electron chi connectivity index (χ0n) is 10.5. The molecule has 0 aliphatic carbocycles. The topological polar surface area (TPSA) is 115 Å². The maximum Gasteiger partial charge on any atom is 0.326 e. The number of carbonyl (C=O) groups is 1. The summed E-state index contributed by atoms with van der Waals surface area (Å²) in [6, 6.07) is 7.64. The predicted molar refractivity (Wildman–Crippen MR) is 71.8 cm³/mol. The number of nitrogens with one attached hydrogen (secondary N) is 3. The van der Waals surface area contributed by atoms with Gasteiger partial charge < -0.3 is 15.4 Å². The Labute approximate surface area is 113 Å². The molecule has 0 spiro atoms. The van der Waals surface area contributed by atoms with Crippen molar-refractivity contribution in [2.45, 2.75) is 6.42 Å². The van der Waals surface area contributed by atoms with Crippen LogP contribution >= 0.6 is 0 Å². The average molecular weight is 275 g/mol. The van der Waals surface area contributed by atoms with E-state index in [1.807, 2.05) is 4.98 Å². The number of phenolic OH excluding ortho intramolecular Hbond substituents is 1. The lowest BCUT2D eigenvalue weighted by Crippen LogP contribution is -2.31. The van der Waals surface area contributed by atoms with Gasteiger partial charge in [0, 0.05) is 12.6 Å². The van der Waals surface area contributed by atoms with Crippen LogP contribution < -0.4 is 16.6 Å². The van der Waals surface area contributed by atoms with Crippen molar-refractivity contribution in [3.8, 4) is 5.75 Å². The van der Waals surface area contributed by atoms with Gasteiger partial charge in [-0.15, -0.1) is 0 Å². The third kappa shape index (κ3) is 3.58. The first kappa shape index (κ1) is 13.6. The molecule has 1 aromatic carbocycles. The van der Waals surface area contributed by atoms with Crippen molar-refractivity contribution in [1.82, 2.24) is 15.3 Å². The molecule has 0 aliphatic heterocycles. The van der Waals surface area contributed by atoms with Crippen LogP contribution in [0.4, 0.5) is 0 Å². The van der Waals surface area contributed by atoms with E-state index in [4.69, 9.17) is 5.11 Å². The van der Waals surface area contributed by atoms with Crippen molar-refractivity contribution in [1.29, 1.82) is 0 Å². The minimum atomic E-state index is -0.721. The van der Waals surface area contributed by atoms with Gasteiger partial charge in [0.2, 0.25) is 0 Å². The summed E-state index contributed by atoms with van der Waals surface area (Å²) in [5.74, 6) is -0.342. The van der Waals surface area contributed by atoms with Gasteiger partial charge in [0.15, 0.2) is 0 Å². The van der Waals surface area contributed by atoms with Crippen LogP contribution in [0.2, 0.25) is 0 Å². The van der Waals surface area contributed by atoms with Crippen molar-refractivity contribution in [2.24, 2.45) is 0 Å². The number of rotatable bonds is 4. The van der Waals surface area contributed by atoms with E-state index >= 15 is 0 Å². The zero-order chi connectivity index (χ0) is 14.5. The van der Waals surface area contributed by atoms with Gasteiger partial charge in [-0.3, -0.25) is 14.6 Å². The largest absolute Gasteiger partial charge is 0.508 e. The van der Waals surface area contributed by atoms with Crippen LogP contribution in [0.25, 0.3) is 0 Å². The first-order valence-electron chi connectivity index (χ1n) is 5.94. The van der Waals surface area contributed by atoms with E-state index in [0.29, 0.717) is 13.0 Å². The van der Waals surface area contributed by atoms with Crippen molar-refractivity contribution >= 4 is 5.91 Å². The van der Waals surface area contributed by atoms with E-state index in [-0.39, 0.29) is 11.4 Å². The summed E-state index contributed by atoms with van der Waals surface area (Å²) in [7, 11) is 0. The number of amides is 1. The second-order valence-electron chi connectivity index (χ2n) is 4.17. The lowest BCUT2D eigenvalue weighted by atomic mass is 10.1. The minimum absolute atomic E-state index is 0.0792. The van der Waals surface area contributed by atoms with Gasteiger partial charge in [-0.2, -0.15) is 0 Å². The fraction of sp³-hybridized carbons (Fsp3) is 0.154. The lowest BCUT2D eigenvalue weighted by Gasteiger charge is -2.05. The standard InChI is InChI=1S/C13H13N3O4/c17-9-3-1-8(2-4-9)5-6-14-12(19)10-7-11(18)16-13(20)15-10/h1-4,7,17H,5-6H2,(H,14,19)(H2,15,16,18,20). The molecular formula is C13H13N3O4. The Morgan fingerprint density at radius 2 is 1.85 bits per heavy atom. The van der Waals surface area contributed by atoms with Crippen molar-refractivity contribution < 1.29 is 9.90 Å². The maximum absolute atomic E-state index is 11.7. The van der Waals surface area contributed by atoms with Gasteiger partial charge in [-0.05, 0) is 24.1 Å². The van der Waals surface area contributed by atoms with Crippen LogP contribution in [0.15, 0.2) is 39.9 Å². The molecule has 0 saturated carbocycles. The Kier molecular flexibility index (Phi) is 3.99. The number of carbonyl (C=O) groups excluding carboxylic acids is 1. The molecule has 0 atom stereocenters. The number of phenols is 1. The Morgan fingerprint density at radius 3 is 2.50 bits per heavy atom. The van der Waals surface area contributed by atoms with E-state index < -0.39 is 17.2 Å². The normalized spacial score (nSPS) is 10.2. The Balaban J connectivity index is 1.93.